The van der Waals surface area contributed by atoms with E-state index in [1.807, 2.05) is 0 Å². The van der Waals surface area contributed by atoms with Crippen LogP contribution in [0.15, 0.2) is 3.10 Å². The van der Waals surface area contributed by atoms with Gasteiger partial charge in [-0.05, 0) is 0 Å². The summed E-state index contributed by atoms with van der Waals surface area (Å²) >= 11 is -1.38. The SMILES string of the molecule is [N-]=[N+]=[N][InH][Cl]. The molecule has 0 unspecified atom stereocenters. The van der Waals surface area contributed by atoms with Crippen LogP contribution >= 0.6 is 8.58 Å². The Kier molecular flexibility index (Phi) is 4.89. The molecule has 0 spiro atoms. The topological polar surface area (TPSA) is 48.8 Å². The molecule has 0 aliphatic rings. The maximum absolute atomic E-state index is 7.49. The molecule has 0 atom stereocenters. The van der Waals surface area contributed by atoms with Gasteiger partial charge >= 0.3 is 44.1 Å². The Bertz CT molecular complexity index is 53.9. The number of nitrogens with zero attached hydrogens (tertiary/aromatic N) is 3. The summed E-state index contributed by atoms with van der Waals surface area (Å²) in [6.07, 6.45) is 0. The quantitative estimate of drug-likeness (QED) is 0.336. The van der Waals surface area contributed by atoms with Crippen LogP contribution < -0.4 is 0 Å². The van der Waals surface area contributed by atoms with E-state index >= 15 is 0 Å². The molecular weight excluding hydrogens is 192 g/mol. The number of hydrogen-bond acceptors (Lipinski definition) is 1. The van der Waals surface area contributed by atoms with E-state index in [9.17, 15) is 0 Å². The Labute approximate surface area is 44.3 Å². The maximum atomic E-state index is 7.49. The van der Waals surface area contributed by atoms with Crippen molar-refractivity contribution in [3.05, 3.63) is 10.4 Å². The van der Waals surface area contributed by atoms with Gasteiger partial charge in [0.25, 0.3) is 0 Å². The summed E-state index contributed by atoms with van der Waals surface area (Å²) < 4.78 is 3.13. The van der Waals surface area contributed by atoms with E-state index in [2.05, 4.69) is 8.01 Å². The van der Waals surface area contributed by atoms with Gasteiger partial charge in [0, 0.05) is 0 Å². The minimum absolute atomic E-state index is 1.38. The number of rotatable bonds is 1. The van der Waals surface area contributed by atoms with Gasteiger partial charge in [-0.15, -0.1) is 0 Å². The monoisotopic (exact) mass is 193 g/mol. The van der Waals surface area contributed by atoms with E-state index in [-0.39, 0.29) is 0 Å². The van der Waals surface area contributed by atoms with Crippen LogP contribution in [0.25, 0.3) is 10.4 Å². The van der Waals surface area contributed by atoms with Crippen LogP contribution in [0.4, 0.5) is 0 Å². The molecule has 0 heterocycles. The van der Waals surface area contributed by atoms with Gasteiger partial charge in [0.15, 0.2) is 0 Å². The Morgan fingerprint density at radius 2 is 2.60 bits per heavy atom. The van der Waals surface area contributed by atoms with Crippen LogP contribution in [0.2, 0.25) is 0 Å². The van der Waals surface area contributed by atoms with Crippen molar-refractivity contribution in [1.82, 2.24) is 0 Å². The second kappa shape index (κ2) is 4.47. The molecule has 0 aromatic rings. The van der Waals surface area contributed by atoms with Crippen LogP contribution in [0.1, 0.15) is 0 Å². The molecule has 0 aromatic carbocycles. The zero-order valence-corrected chi connectivity index (χ0v) is 7.22. The van der Waals surface area contributed by atoms with Gasteiger partial charge < -0.3 is 0 Å². The first kappa shape index (κ1) is 5.47. The molecule has 3 nitrogen and oxygen atoms in total. The third-order valence-corrected chi connectivity index (χ3v) is 1.50. The molecule has 5 heavy (non-hydrogen) atoms. The van der Waals surface area contributed by atoms with E-state index in [0.29, 0.717) is 0 Å². The summed E-state index contributed by atoms with van der Waals surface area (Å²) in [7, 11) is 5.09. The summed E-state index contributed by atoms with van der Waals surface area (Å²) in [5.74, 6) is 0. The Balaban J connectivity index is 2.93. The molecular formula is HClInN3. The fraction of sp³-hybridized carbons (Fsp3) is 0. The van der Waals surface area contributed by atoms with Crippen molar-refractivity contribution in [2.24, 2.45) is 3.10 Å². The van der Waals surface area contributed by atoms with Gasteiger partial charge in [-0.3, -0.25) is 0 Å². The normalized spacial score (nSPS) is 5.00. The molecule has 0 N–H and O–H groups in total. The Hall–Kier alpha value is 0.470. The van der Waals surface area contributed by atoms with E-state index in [4.69, 9.17) is 14.1 Å². The van der Waals surface area contributed by atoms with Crippen LogP contribution in [-0.2, 0) is 0 Å². The van der Waals surface area contributed by atoms with E-state index < -0.39 is 22.0 Å². The zero-order valence-electron chi connectivity index (χ0n) is 2.43. The molecule has 0 aliphatic carbocycles. The van der Waals surface area contributed by atoms with Crippen molar-refractivity contribution in [2.75, 3.05) is 0 Å². The van der Waals surface area contributed by atoms with Gasteiger partial charge in [0.2, 0.25) is 0 Å². The summed E-state index contributed by atoms with van der Waals surface area (Å²) in [5.41, 5.74) is 7.49. The van der Waals surface area contributed by atoms with Crippen molar-refractivity contribution in [2.45, 2.75) is 0 Å². The third kappa shape index (κ3) is 4.47. The second-order valence-electron chi connectivity index (χ2n) is 0.350. The number of azide groups is 1. The summed E-state index contributed by atoms with van der Waals surface area (Å²) in [5, 5.41) is 0. The van der Waals surface area contributed by atoms with Gasteiger partial charge in [0.05, 0.1) is 0 Å². The first-order valence-electron chi connectivity index (χ1n) is 0.983. The average molecular weight is 193 g/mol. The van der Waals surface area contributed by atoms with Gasteiger partial charge in [-0.2, -0.15) is 0 Å². The molecule has 5 heteroatoms. The molecule has 0 amide bonds. The molecule has 0 radical (unpaired) electrons. The van der Waals surface area contributed by atoms with Crippen LogP contribution in [0.3, 0.4) is 0 Å². The third-order valence-electron chi connectivity index (χ3n) is 0.117. The fourth-order valence-corrected chi connectivity index (χ4v) is 0.481. The Morgan fingerprint density at radius 1 is 2.00 bits per heavy atom. The fourth-order valence-electron chi connectivity index (χ4n) is 0.0239. The molecule has 0 saturated carbocycles. The standard InChI is InChI=1S/ClH.In.N3.H/c;;1-3-2;/h1H;;;/q;+2;-1;/p-1. The first-order chi connectivity index (χ1) is 2.41. The van der Waals surface area contributed by atoms with Crippen molar-refractivity contribution >= 4 is 30.6 Å². The molecule has 0 fully saturated rings. The first-order valence-corrected chi connectivity index (χ1v) is 7.90. The summed E-state index contributed by atoms with van der Waals surface area (Å²) in [6, 6.07) is 0. The number of halogens is 1. The van der Waals surface area contributed by atoms with E-state index in [1.165, 1.54) is 0 Å². The molecule has 26 valence electrons. The summed E-state index contributed by atoms with van der Waals surface area (Å²) in [4.78, 5) is 2.44. The number of hydrogen-bond donors (Lipinski definition) is 0. The second-order valence-corrected chi connectivity index (χ2v) is 3.44. The van der Waals surface area contributed by atoms with Crippen molar-refractivity contribution in [3.63, 3.8) is 0 Å². The van der Waals surface area contributed by atoms with Crippen molar-refractivity contribution < 1.29 is 0 Å². The van der Waals surface area contributed by atoms with E-state index in [0.717, 1.165) is 0 Å². The van der Waals surface area contributed by atoms with Gasteiger partial charge in [-0.1, -0.05) is 0 Å². The van der Waals surface area contributed by atoms with Crippen LogP contribution in [0.5, 0.6) is 0 Å². The van der Waals surface area contributed by atoms with Crippen molar-refractivity contribution in [1.29, 1.82) is 0 Å². The van der Waals surface area contributed by atoms with Crippen LogP contribution in [0, 0.1) is 0 Å². The molecule has 0 aliphatic heterocycles. The van der Waals surface area contributed by atoms with E-state index in [1.54, 1.807) is 0 Å². The molecule has 0 aromatic heterocycles. The Morgan fingerprint density at radius 3 is 2.60 bits per heavy atom. The zero-order chi connectivity index (χ0) is 4.12. The molecule has 0 saturated heterocycles. The van der Waals surface area contributed by atoms with Crippen LogP contribution in [-0.4, -0.2) is 22.0 Å². The molecule has 0 rings (SSSR count). The average Bonchev–Trinajstić information content (AvgIpc) is 1.41. The predicted octanol–water partition coefficient (Wildman–Crippen LogP) is 0.802. The molecule has 0 bridgehead atoms. The minimum atomic E-state index is -1.38. The van der Waals surface area contributed by atoms with Crippen molar-refractivity contribution in [3.8, 4) is 0 Å². The summed E-state index contributed by atoms with van der Waals surface area (Å²) in [6.45, 7) is 0. The van der Waals surface area contributed by atoms with Gasteiger partial charge in [-0.25, -0.2) is 0 Å². The van der Waals surface area contributed by atoms with Gasteiger partial charge in [0.1, 0.15) is 0 Å². The predicted molar refractivity (Wildman–Crippen MR) is 22.1 cm³/mol.